The SMILES string of the molecule is COc1cccc(-c2nc3ccccc3n2CCCOc2ccc(C)cc2)c1. The molecule has 1 aromatic heterocycles. The van der Waals surface area contributed by atoms with Crippen molar-refractivity contribution in [1.29, 1.82) is 0 Å². The summed E-state index contributed by atoms with van der Waals surface area (Å²) < 4.78 is 13.6. The summed E-state index contributed by atoms with van der Waals surface area (Å²) in [4.78, 5) is 4.87. The van der Waals surface area contributed by atoms with Crippen LogP contribution in [-0.2, 0) is 6.54 Å². The molecule has 1 heterocycles. The van der Waals surface area contributed by atoms with Crippen molar-refractivity contribution in [3.63, 3.8) is 0 Å². The van der Waals surface area contributed by atoms with Crippen molar-refractivity contribution in [2.45, 2.75) is 19.9 Å². The maximum atomic E-state index is 5.90. The quantitative estimate of drug-likeness (QED) is 0.403. The molecule has 0 amide bonds. The number of aromatic nitrogens is 2. The summed E-state index contributed by atoms with van der Waals surface area (Å²) in [5, 5.41) is 0. The van der Waals surface area contributed by atoms with Gasteiger partial charge < -0.3 is 14.0 Å². The first-order valence-corrected chi connectivity index (χ1v) is 9.54. The van der Waals surface area contributed by atoms with Crippen LogP contribution in [0.2, 0.25) is 0 Å². The summed E-state index contributed by atoms with van der Waals surface area (Å²) in [6, 6.07) is 24.5. The van der Waals surface area contributed by atoms with Crippen molar-refractivity contribution in [1.82, 2.24) is 9.55 Å². The maximum absolute atomic E-state index is 5.90. The minimum Gasteiger partial charge on any atom is -0.497 e. The number of rotatable bonds is 7. The summed E-state index contributed by atoms with van der Waals surface area (Å²) in [5.41, 5.74) is 4.42. The minimum absolute atomic E-state index is 0.660. The number of ether oxygens (including phenoxy) is 2. The van der Waals surface area contributed by atoms with E-state index in [2.05, 4.69) is 47.9 Å². The number of para-hydroxylation sites is 2. The molecule has 4 nitrogen and oxygen atoms in total. The van der Waals surface area contributed by atoms with Crippen LogP contribution in [0.5, 0.6) is 11.5 Å². The van der Waals surface area contributed by atoms with E-state index in [0.717, 1.165) is 46.9 Å². The van der Waals surface area contributed by atoms with Crippen molar-refractivity contribution >= 4 is 11.0 Å². The molecule has 0 fully saturated rings. The second-order valence-electron chi connectivity index (χ2n) is 6.82. The van der Waals surface area contributed by atoms with Crippen LogP contribution in [0.1, 0.15) is 12.0 Å². The third-order valence-corrected chi connectivity index (χ3v) is 4.80. The number of methoxy groups -OCH3 is 1. The minimum atomic E-state index is 0.660. The third-order valence-electron chi connectivity index (χ3n) is 4.80. The Labute approximate surface area is 165 Å². The van der Waals surface area contributed by atoms with Crippen molar-refractivity contribution in [2.75, 3.05) is 13.7 Å². The van der Waals surface area contributed by atoms with Gasteiger partial charge in [0, 0.05) is 12.1 Å². The molecule has 4 aromatic rings. The van der Waals surface area contributed by atoms with E-state index in [1.54, 1.807) is 7.11 Å². The Balaban J connectivity index is 1.55. The largest absolute Gasteiger partial charge is 0.497 e. The van der Waals surface area contributed by atoms with E-state index < -0.39 is 0 Å². The van der Waals surface area contributed by atoms with Gasteiger partial charge >= 0.3 is 0 Å². The average Bonchev–Trinajstić information content (AvgIpc) is 3.11. The maximum Gasteiger partial charge on any atom is 0.141 e. The lowest BCUT2D eigenvalue weighted by Gasteiger charge is -2.11. The number of nitrogens with zero attached hydrogens (tertiary/aromatic N) is 2. The van der Waals surface area contributed by atoms with E-state index in [1.807, 2.05) is 36.4 Å². The van der Waals surface area contributed by atoms with E-state index >= 15 is 0 Å². The number of benzene rings is 3. The van der Waals surface area contributed by atoms with Crippen molar-refractivity contribution < 1.29 is 9.47 Å². The first-order chi connectivity index (χ1) is 13.7. The first kappa shape index (κ1) is 18.1. The smallest absolute Gasteiger partial charge is 0.141 e. The number of imidazole rings is 1. The first-order valence-electron chi connectivity index (χ1n) is 9.54. The molecule has 0 atom stereocenters. The van der Waals surface area contributed by atoms with E-state index in [9.17, 15) is 0 Å². The fraction of sp³-hybridized carbons (Fsp3) is 0.208. The summed E-state index contributed by atoms with van der Waals surface area (Å²) in [5.74, 6) is 2.70. The lowest BCUT2D eigenvalue weighted by Crippen LogP contribution is -2.06. The Morgan fingerprint density at radius 3 is 2.54 bits per heavy atom. The van der Waals surface area contributed by atoms with E-state index in [-0.39, 0.29) is 0 Å². The highest BCUT2D eigenvalue weighted by atomic mass is 16.5. The number of aryl methyl sites for hydroxylation is 2. The van der Waals surface area contributed by atoms with E-state index in [0.29, 0.717) is 6.61 Å². The van der Waals surface area contributed by atoms with Crippen LogP contribution in [0.25, 0.3) is 22.4 Å². The lowest BCUT2D eigenvalue weighted by molar-refractivity contribution is 0.303. The van der Waals surface area contributed by atoms with Crippen LogP contribution in [-0.4, -0.2) is 23.3 Å². The predicted molar refractivity (Wildman–Crippen MR) is 113 cm³/mol. The Hall–Kier alpha value is -3.27. The molecule has 4 heteroatoms. The monoisotopic (exact) mass is 372 g/mol. The van der Waals surface area contributed by atoms with Gasteiger partial charge in [-0.3, -0.25) is 0 Å². The molecule has 0 radical (unpaired) electrons. The Bertz CT molecular complexity index is 1070. The summed E-state index contributed by atoms with van der Waals surface area (Å²) in [7, 11) is 1.69. The molecule has 0 unspecified atom stereocenters. The summed E-state index contributed by atoms with van der Waals surface area (Å²) in [6.07, 6.45) is 0.894. The molecule has 0 saturated carbocycles. The fourth-order valence-electron chi connectivity index (χ4n) is 3.33. The van der Waals surface area contributed by atoms with Gasteiger partial charge in [0.05, 0.1) is 24.8 Å². The highest BCUT2D eigenvalue weighted by molar-refractivity contribution is 5.80. The zero-order valence-corrected chi connectivity index (χ0v) is 16.3. The molecular formula is C24H24N2O2. The van der Waals surface area contributed by atoms with Crippen molar-refractivity contribution in [3.05, 3.63) is 78.4 Å². The van der Waals surface area contributed by atoms with Gasteiger partial charge in [0.1, 0.15) is 17.3 Å². The van der Waals surface area contributed by atoms with E-state index in [4.69, 9.17) is 14.5 Å². The third kappa shape index (κ3) is 3.86. The molecule has 0 aliphatic rings. The molecule has 0 N–H and O–H groups in total. The Kier molecular flexibility index (Phi) is 5.29. The molecule has 0 bridgehead atoms. The summed E-state index contributed by atoms with van der Waals surface area (Å²) >= 11 is 0. The zero-order chi connectivity index (χ0) is 19.3. The van der Waals surface area contributed by atoms with Crippen LogP contribution in [0.15, 0.2) is 72.8 Å². The van der Waals surface area contributed by atoms with Gasteiger partial charge in [-0.25, -0.2) is 4.98 Å². The molecule has 0 aliphatic carbocycles. The van der Waals surface area contributed by atoms with Gasteiger partial charge in [-0.1, -0.05) is 42.0 Å². The van der Waals surface area contributed by atoms with Crippen LogP contribution in [0, 0.1) is 6.92 Å². The van der Waals surface area contributed by atoms with Gasteiger partial charge in [-0.2, -0.15) is 0 Å². The second kappa shape index (κ2) is 8.17. The molecule has 3 aromatic carbocycles. The van der Waals surface area contributed by atoms with Gasteiger partial charge in [0.15, 0.2) is 0 Å². The van der Waals surface area contributed by atoms with E-state index in [1.165, 1.54) is 5.56 Å². The van der Waals surface area contributed by atoms with Gasteiger partial charge in [-0.05, 0) is 49.7 Å². The molecule has 0 spiro atoms. The molecule has 4 rings (SSSR count). The zero-order valence-electron chi connectivity index (χ0n) is 16.3. The van der Waals surface area contributed by atoms with Gasteiger partial charge in [0.2, 0.25) is 0 Å². The molecule has 0 saturated heterocycles. The highest BCUT2D eigenvalue weighted by Crippen LogP contribution is 2.27. The molecule has 28 heavy (non-hydrogen) atoms. The number of hydrogen-bond donors (Lipinski definition) is 0. The number of hydrogen-bond acceptors (Lipinski definition) is 3. The standard InChI is InChI=1S/C24H24N2O2/c1-18-11-13-20(14-12-18)28-16-6-15-26-23-10-4-3-9-22(23)25-24(26)19-7-5-8-21(17-19)27-2/h3-5,7-14,17H,6,15-16H2,1-2H3. The Morgan fingerprint density at radius 2 is 1.71 bits per heavy atom. The predicted octanol–water partition coefficient (Wildman–Crippen LogP) is 5.49. The van der Waals surface area contributed by atoms with Crippen LogP contribution < -0.4 is 9.47 Å². The highest BCUT2D eigenvalue weighted by Gasteiger charge is 2.13. The van der Waals surface area contributed by atoms with Crippen LogP contribution >= 0.6 is 0 Å². The average molecular weight is 372 g/mol. The van der Waals surface area contributed by atoms with Crippen molar-refractivity contribution in [2.24, 2.45) is 0 Å². The Morgan fingerprint density at radius 1 is 0.893 bits per heavy atom. The topological polar surface area (TPSA) is 36.3 Å². The van der Waals surface area contributed by atoms with Gasteiger partial charge in [0.25, 0.3) is 0 Å². The number of fused-ring (bicyclic) bond motifs is 1. The van der Waals surface area contributed by atoms with Crippen LogP contribution in [0.3, 0.4) is 0 Å². The summed E-state index contributed by atoms with van der Waals surface area (Å²) in [6.45, 7) is 3.57. The molecular weight excluding hydrogens is 348 g/mol. The fourth-order valence-corrected chi connectivity index (χ4v) is 3.33. The van der Waals surface area contributed by atoms with Gasteiger partial charge in [-0.15, -0.1) is 0 Å². The second-order valence-corrected chi connectivity index (χ2v) is 6.82. The molecule has 142 valence electrons. The van der Waals surface area contributed by atoms with Crippen molar-refractivity contribution in [3.8, 4) is 22.9 Å². The molecule has 0 aliphatic heterocycles. The van der Waals surface area contributed by atoms with Crippen LogP contribution in [0.4, 0.5) is 0 Å². The lowest BCUT2D eigenvalue weighted by atomic mass is 10.2. The normalized spacial score (nSPS) is 10.9.